The van der Waals surface area contributed by atoms with Gasteiger partial charge in [-0.05, 0) is 67.7 Å². The highest BCUT2D eigenvalue weighted by Crippen LogP contribution is 2.57. The molecule has 0 radical (unpaired) electrons. The Morgan fingerprint density at radius 1 is 1.29 bits per heavy atom. The smallest absolute Gasteiger partial charge is 0.142 e. The molecule has 1 aromatic rings. The van der Waals surface area contributed by atoms with Crippen molar-refractivity contribution in [1.29, 1.82) is 0 Å². The Balaban J connectivity index is 1.68. The highest BCUT2D eigenvalue weighted by Gasteiger charge is 2.53. The van der Waals surface area contributed by atoms with Gasteiger partial charge < -0.3 is 5.32 Å². The molecule has 1 N–H and O–H groups in total. The van der Waals surface area contributed by atoms with Crippen LogP contribution in [0.4, 0.5) is 4.39 Å². The molecule has 3 unspecified atom stereocenters. The Hall–Kier alpha value is -0.600. The van der Waals surface area contributed by atoms with Crippen LogP contribution in [-0.4, -0.2) is 12.6 Å². The first-order valence-electron chi connectivity index (χ1n) is 8.38. The number of rotatable bonds is 6. The van der Waals surface area contributed by atoms with Crippen molar-refractivity contribution >= 4 is 11.6 Å². The molecule has 2 fully saturated rings. The molecule has 2 aliphatic rings. The molecule has 2 saturated carbocycles. The molecule has 0 aromatic heterocycles. The van der Waals surface area contributed by atoms with Crippen LogP contribution in [0.25, 0.3) is 0 Å². The molecule has 1 nitrogen and oxygen atoms in total. The summed E-state index contributed by atoms with van der Waals surface area (Å²) in [6, 6.07) is 5.76. The van der Waals surface area contributed by atoms with Crippen LogP contribution < -0.4 is 5.32 Å². The van der Waals surface area contributed by atoms with Crippen molar-refractivity contribution in [2.75, 3.05) is 6.54 Å². The third-order valence-corrected chi connectivity index (χ3v) is 5.59. The van der Waals surface area contributed by atoms with Crippen molar-refractivity contribution < 1.29 is 4.39 Å². The number of fused-ring (bicyclic) bond motifs is 1. The molecule has 0 aliphatic heterocycles. The van der Waals surface area contributed by atoms with Crippen LogP contribution in [0.3, 0.4) is 0 Å². The van der Waals surface area contributed by atoms with Gasteiger partial charge >= 0.3 is 0 Å². The highest BCUT2D eigenvalue weighted by molar-refractivity contribution is 6.30. The van der Waals surface area contributed by atoms with E-state index in [0.717, 1.165) is 42.7 Å². The lowest BCUT2D eigenvalue weighted by Crippen LogP contribution is -2.34. The van der Waals surface area contributed by atoms with Crippen LogP contribution in [0.15, 0.2) is 18.2 Å². The zero-order chi connectivity index (χ0) is 14.8. The highest BCUT2D eigenvalue weighted by atomic mass is 35.5. The second kappa shape index (κ2) is 6.66. The zero-order valence-electron chi connectivity index (χ0n) is 12.7. The first-order chi connectivity index (χ1) is 10.2. The maximum absolute atomic E-state index is 13.6. The monoisotopic (exact) mass is 309 g/mol. The van der Waals surface area contributed by atoms with Gasteiger partial charge in [0.05, 0.1) is 5.02 Å². The molecule has 0 spiro atoms. The molecular formula is C18H25ClFN. The van der Waals surface area contributed by atoms with Gasteiger partial charge in [-0.1, -0.05) is 37.4 Å². The minimum atomic E-state index is -0.295. The third-order valence-electron chi connectivity index (χ3n) is 5.28. The zero-order valence-corrected chi connectivity index (χ0v) is 13.5. The second-order valence-electron chi connectivity index (χ2n) is 6.70. The molecule has 3 rings (SSSR count). The van der Waals surface area contributed by atoms with E-state index in [-0.39, 0.29) is 10.8 Å². The average Bonchev–Trinajstić information content (AvgIpc) is 3.21. The van der Waals surface area contributed by atoms with E-state index >= 15 is 0 Å². The number of nitrogens with one attached hydrogen (secondary N) is 1. The lowest BCUT2D eigenvalue weighted by atomic mass is 9.99. The van der Waals surface area contributed by atoms with E-state index in [1.54, 1.807) is 12.1 Å². The van der Waals surface area contributed by atoms with Gasteiger partial charge in [-0.25, -0.2) is 4.39 Å². The van der Waals surface area contributed by atoms with E-state index < -0.39 is 0 Å². The fraction of sp³-hybridized carbons (Fsp3) is 0.667. The van der Waals surface area contributed by atoms with Gasteiger partial charge in [0.2, 0.25) is 0 Å². The van der Waals surface area contributed by atoms with Crippen LogP contribution in [-0.2, 0) is 6.42 Å². The Kier molecular flexibility index (Phi) is 4.85. The van der Waals surface area contributed by atoms with Crippen molar-refractivity contribution in [2.45, 2.75) is 51.5 Å². The maximum atomic E-state index is 13.6. The molecule has 116 valence electrons. The largest absolute Gasteiger partial charge is 0.313 e. The molecular weight excluding hydrogens is 285 g/mol. The molecule has 3 atom stereocenters. The summed E-state index contributed by atoms with van der Waals surface area (Å²) in [5.41, 5.74) is 1.06. The van der Waals surface area contributed by atoms with Gasteiger partial charge in [-0.2, -0.15) is 0 Å². The van der Waals surface area contributed by atoms with Gasteiger partial charge in [-0.15, -0.1) is 0 Å². The van der Waals surface area contributed by atoms with Gasteiger partial charge in [0.1, 0.15) is 5.82 Å². The minimum Gasteiger partial charge on any atom is -0.313 e. The normalized spacial score (nSPS) is 29.0. The lowest BCUT2D eigenvalue weighted by Gasteiger charge is -2.19. The number of hydrogen-bond acceptors (Lipinski definition) is 1. The minimum absolute atomic E-state index is 0.219. The molecule has 0 saturated heterocycles. The van der Waals surface area contributed by atoms with E-state index in [4.69, 9.17) is 11.6 Å². The van der Waals surface area contributed by atoms with E-state index in [2.05, 4.69) is 12.2 Å². The fourth-order valence-corrected chi connectivity index (χ4v) is 4.36. The summed E-state index contributed by atoms with van der Waals surface area (Å²) in [4.78, 5) is 0. The van der Waals surface area contributed by atoms with E-state index in [1.807, 2.05) is 6.07 Å². The number of hydrogen-bond donors (Lipinski definition) is 1. The third kappa shape index (κ3) is 3.43. The van der Waals surface area contributed by atoms with E-state index in [9.17, 15) is 4.39 Å². The SMILES string of the molecule is CCCNC(Cc1ccc(Cl)c(F)c1)C1C2CCCCC21. The van der Waals surface area contributed by atoms with E-state index in [0.29, 0.717) is 6.04 Å². The molecule has 3 heteroatoms. The van der Waals surface area contributed by atoms with Crippen molar-refractivity contribution in [3.05, 3.63) is 34.6 Å². The molecule has 2 aliphatic carbocycles. The van der Waals surface area contributed by atoms with Crippen LogP contribution in [0, 0.1) is 23.6 Å². The summed E-state index contributed by atoms with van der Waals surface area (Å²) in [6.45, 7) is 3.25. The molecule has 0 amide bonds. The number of halogens is 2. The molecule has 0 heterocycles. The van der Waals surface area contributed by atoms with Gasteiger partial charge in [0, 0.05) is 6.04 Å². The standard InChI is InChI=1S/C18H25ClFN/c1-2-9-21-17(18-13-5-3-4-6-14(13)18)11-12-7-8-15(19)16(20)10-12/h7-8,10,13-14,17-18,21H,2-6,9,11H2,1H3. The van der Waals surface area contributed by atoms with Gasteiger partial charge in [0.15, 0.2) is 0 Å². The van der Waals surface area contributed by atoms with Crippen molar-refractivity contribution in [1.82, 2.24) is 5.32 Å². The number of benzene rings is 1. The summed E-state index contributed by atoms with van der Waals surface area (Å²) in [5.74, 6) is 2.35. The predicted molar refractivity (Wildman–Crippen MR) is 86.1 cm³/mol. The average molecular weight is 310 g/mol. The first kappa shape index (κ1) is 15.3. The van der Waals surface area contributed by atoms with Gasteiger partial charge in [-0.3, -0.25) is 0 Å². The summed E-state index contributed by atoms with van der Waals surface area (Å²) in [6.07, 6.45) is 7.66. The fourth-order valence-electron chi connectivity index (χ4n) is 4.24. The Bertz CT molecular complexity index is 478. The topological polar surface area (TPSA) is 12.0 Å². The van der Waals surface area contributed by atoms with Crippen molar-refractivity contribution in [3.8, 4) is 0 Å². The summed E-state index contributed by atoms with van der Waals surface area (Å²) < 4.78 is 13.6. The summed E-state index contributed by atoms with van der Waals surface area (Å²) in [5, 5.41) is 3.93. The quantitative estimate of drug-likeness (QED) is 0.794. The summed E-state index contributed by atoms with van der Waals surface area (Å²) in [7, 11) is 0. The summed E-state index contributed by atoms with van der Waals surface area (Å²) >= 11 is 5.78. The maximum Gasteiger partial charge on any atom is 0.142 e. The Morgan fingerprint density at radius 2 is 2.00 bits per heavy atom. The Morgan fingerprint density at radius 3 is 2.62 bits per heavy atom. The molecule has 21 heavy (non-hydrogen) atoms. The van der Waals surface area contributed by atoms with Crippen molar-refractivity contribution in [2.24, 2.45) is 17.8 Å². The van der Waals surface area contributed by atoms with Crippen molar-refractivity contribution in [3.63, 3.8) is 0 Å². The molecule has 0 bridgehead atoms. The predicted octanol–water partition coefficient (Wildman–Crippen LogP) is 4.83. The van der Waals surface area contributed by atoms with Crippen LogP contribution in [0.2, 0.25) is 5.02 Å². The first-order valence-corrected chi connectivity index (χ1v) is 8.75. The molecule has 1 aromatic carbocycles. The second-order valence-corrected chi connectivity index (χ2v) is 7.11. The van der Waals surface area contributed by atoms with E-state index in [1.165, 1.54) is 25.7 Å². The van der Waals surface area contributed by atoms with Crippen LogP contribution >= 0.6 is 11.6 Å². The lowest BCUT2D eigenvalue weighted by molar-refractivity contribution is 0.427. The van der Waals surface area contributed by atoms with Gasteiger partial charge in [0.25, 0.3) is 0 Å². The van der Waals surface area contributed by atoms with Crippen LogP contribution in [0.5, 0.6) is 0 Å². The Labute approximate surface area is 132 Å². The van der Waals surface area contributed by atoms with Crippen LogP contribution in [0.1, 0.15) is 44.6 Å².